The van der Waals surface area contributed by atoms with Crippen LogP contribution in [0.15, 0.2) is 59.1 Å². The second-order valence-electron chi connectivity index (χ2n) is 5.92. The Balaban J connectivity index is 1.75. The van der Waals surface area contributed by atoms with Gasteiger partial charge in [0.1, 0.15) is 5.75 Å². The maximum Gasteiger partial charge on any atom is 0.240 e. The number of nitrogens with one attached hydrogen (secondary N) is 1. The summed E-state index contributed by atoms with van der Waals surface area (Å²) < 4.78 is 10.7. The molecule has 1 heterocycles. The van der Waals surface area contributed by atoms with Crippen LogP contribution in [0.5, 0.6) is 5.75 Å². The molecule has 1 atom stereocenters. The summed E-state index contributed by atoms with van der Waals surface area (Å²) in [5.41, 5.74) is 1.16. The second kappa shape index (κ2) is 7.46. The van der Waals surface area contributed by atoms with Crippen LogP contribution in [0, 0.1) is 0 Å². The van der Waals surface area contributed by atoms with Gasteiger partial charge in [0.05, 0.1) is 31.4 Å². The zero-order valence-corrected chi connectivity index (χ0v) is 14.3. The van der Waals surface area contributed by atoms with Crippen molar-refractivity contribution in [1.29, 1.82) is 0 Å². The van der Waals surface area contributed by atoms with Crippen LogP contribution in [-0.4, -0.2) is 29.0 Å². The summed E-state index contributed by atoms with van der Waals surface area (Å²) in [6, 6.07) is 17.3. The number of hydrogen-bond donors (Lipinski definition) is 2. The van der Waals surface area contributed by atoms with Gasteiger partial charge in [-0.2, -0.15) is 4.98 Å². The fraction of sp³-hybridized carbons (Fsp3) is 0.263. The molecule has 0 amide bonds. The minimum absolute atomic E-state index is 0.0511. The van der Waals surface area contributed by atoms with Gasteiger partial charge in [-0.05, 0) is 24.6 Å². The van der Waals surface area contributed by atoms with E-state index in [1.165, 1.54) is 0 Å². The Labute approximate surface area is 146 Å². The fourth-order valence-corrected chi connectivity index (χ4v) is 2.59. The molecule has 0 bridgehead atoms. The number of aromatic nitrogens is 2. The van der Waals surface area contributed by atoms with Gasteiger partial charge in [-0.25, -0.2) is 0 Å². The van der Waals surface area contributed by atoms with Crippen molar-refractivity contribution in [2.24, 2.45) is 0 Å². The number of benzene rings is 2. The van der Waals surface area contributed by atoms with Gasteiger partial charge in [0.2, 0.25) is 11.7 Å². The highest BCUT2D eigenvalue weighted by Gasteiger charge is 2.26. The predicted molar refractivity (Wildman–Crippen MR) is 94.0 cm³/mol. The van der Waals surface area contributed by atoms with Crippen LogP contribution in [0.4, 0.5) is 0 Å². The number of aliphatic hydroxyl groups excluding tert-OH is 1. The highest BCUT2D eigenvalue weighted by atomic mass is 16.5. The molecule has 0 aliphatic carbocycles. The molecule has 0 spiro atoms. The Morgan fingerprint density at radius 2 is 1.84 bits per heavy atom. The zero-order valence-electron chi connectivity index (χ0n) is 14.3. The molecule has 2 aromatic carbocycles. The maximum absolute atomic E-state index is 9.82. The lowest BCUT2D eigenvalue weighted by atomic mass is 9.93. The average molecular weight is 339 g/mol. The first-order valence-electron chi connectivity index (χ1n) is 8.03. The first-order valence-corrected chi connectivity index (χ1v) is 8.03. The van der Waals surface area contributed by atoms with E-state index in [9.17, 15) is 5.11 Å². The summed E-state index contributed by atoms with van der Waals surface area (Å²) in [6.45, 7) is 2.22. The molecular weight excluding hydrogens is 318 g/mol. The Bertz CT molecular complexity index is 820. The van der Waals surface area contributed by atoms with Gasteiger partial charge < -0.3 is 14.4 Å². The van der Waals surface area contributed by atoms with Gasteiger partial charge >= 0.3 is 0 Å². The first-order chi connectivity index (χ1) is 12.2. The van der Waals surface area contributed by atoms with Crippen molar-refractivity contribution in [1.82, 2.24) is 15.5 Å². The molecule has 3 aromatic rings. The highest BCUT2D eigenvalue weighted by Crippen LogP contribution is 2.27. The van der Waals surface area contributed by atoms with E-state index in [0.29, 0.717) is 24.0 Å². The number of aliphatic hydroxyl groups is 1. The topological polar surface area (TPSA) is 80.4 Å². The van der Waals surface area contributed by atoms with Crippen LogP contribution in [0.1, 0.15) is 18.4 Å². The molecule has 0 aliphatic heterocycles. The average Bonchev–Trinajstić information content (AvgIpc) is 3.15. The molecule has 6 nitrogen and oxygen atoms in total. The van der Waals surface area contributed by atoms with Crippen molar-refractivity contribution >= 4 is 0 Å². The quantitative estimate of drug-likeness (QED) is 0.689. The lowest BCUT2D eigenvalue weighted by molar-refractivity contribution is 0.168. The summed E-state index contributed by atoms with van der Waals surface area (Å²) in [5.74, 6) is 1.60. The zero-order chi connectivity index (χ0) is 17.7. The molecule has 0 radical (unpaired) electrons. The molecule has 1 aromatic heterocycles. The third-order valence-electron chi connectivity index (χ3n) is 4.17. The smallest absolute Gasteiger partial charge is 0.240 e. The Morgan fingerprint density at radius 3 is 2.56 bits per heavy atom. The molecule has 6 heteroatoms. The van der Waals surface area contributed by atoms with Crippen molar-refractivity contribution in [2.75, 3.05) is 13.7 Å². The van der Waals surface area contributed by atoms with Gasteiger partial charge in [-0.15, -0.1) is 0 Å². The molecule has 0 saturated heterocycles. The van der Waals surface area contributed by atoms with Gasteiger partial charge in [0.15, 0.2) is 0 Å². The SMILES string of the molecule is COc1ccccc1-c1noc(CN[C@](C)(CO)c2ccccc2)n1. The molecule has 130 valence electrons. The van der Waals surface area contributed by atoms with E-state index >= 15 is 0 Å². The van der Waals surface area contributed by atoms with Crippen molar-refractivity contribution < 1.29 is 14.4 Å². The molecular formula is C19H21N3O3. The van der Waals surface area contributed by atoms with E-state index in [2.05, 4.69) is 15.5 Å². The first kappa shape index (κ1) is 17.1. The molecule has 0 fully saturated rings. The summed E-state index contributed by atoms with van der Waals surface area (Å²) in [4.78, 5) is 4.42. The van der Waals surface area contributed by atoms with Crippen LogP contribution in [0.3, 0.4) is 0 Å². The van der Waals surface area contributed by atoms with Crippen molar-refractivity contribution in [3.63, 3.8) is 0 Å². The molecule has 25 heavy (non-hydrogen) atoms. The number of ether oxygens (including phenoxy) is 1. The fourth-order valence-electron chi connectivity index (χ4n) is 2.59. The standard InChI is InChI=1S/C19H21N3O3/c1-19(13-23,14-8-4-3-5-9-14)20-12-17-21-18(22-25-17)15-10-6-7-11-16(15)24-2/h3-11,20,23H,12-13H2,1-2H3/t19-/m1/s1. The Morgan fingerprint density at radius 1 is 1.12 bits per heavy atom. The van der Waals surface area contributed by atoms with E-state index < -0.39 is 5.54 Å². The third-order valence-corrected chi connectivity index (χ3v) is 4.17. The van der Waals surface area contributed by atoms with E-state index in [4.69, 9.17) is 9.26 Å². The summed E-state index contributed by atoms with van der Waals surface area (Å²) in [6.07, 6.45) is 0. The van der Waals surface area contributed by atoms with Crippen LogP contribution in [0.2, 0.25) is 0 Å². The third kappa shape index (κ3) is 3.70. The lowest BCUT2D eigenvalue weighted by Gasteiger charge is -2.28. The molecule has 0 unspecified atom stereocenters. The molecule has 0 saturated carbocycles. The summed E-state index contributed by atoms with van der Waals surface area (Å²) in [5, 5.41) is 17.1. The maximum atomic E-state index is 9.82. The predicted octanol–water partition coefficient (Wildman–Crippen LogP) is 2.74. The highest BCUT2D eigenvalue weighted by molar-refractivity contribution is 5.63. The lowest BCUT2D eigenvalue weighted by Crippen LogP contribution is -2.42. The largest absolute Gasteiger partial charge is 0.496 e. The number of hydrogen-bond acceptors (Lipinski definition) is 6. The van der Waals surface area contributed by atoms with Crippen LogP contribution in [0.25, 0.3) is 11.4 Å². The van der Waals surface area contributed by atoms with Gasteiger partial charge in [0.25, 0.3) is 0 Å². The minimum atomic E-state index is -0.597. The van der Waals surface area contributed by atoms with Gasteiger partial charge in [-0.3, -0.25) is 5.32 Å². The van der Waals surface area contributed by atoms with Crippen molar-refractivity contribution in [3.8, 4) is 17.1 Å². The number of nitrogens with zero attached hydrogens (tertiary/aromatic N) is 2. The van der Waals surface area contributed by atoms with Crippen LogP contribution in [-0.2, 0) is 12.1 Å². The number of methoxy groups -OCH3 is 1. The number of rotatable bonds is 7. The normalized spacial score (nSPS) is 13.4. The van der Waals surface area contributed by atoms with Crippen molar-refractivity contribution in [2.45, 2.75) is 19.0 Å². The Hall–Kier alpha value is -2.70. The van der Waals surface area contributed by atoms with E-state index in [1.54, 1.807) is 7.11 Å². The Kier molecular flexibility index (Phi) is 5.11. The van der Waals surface area contributed by atoms with Crippen LogP contribution >= 0.6 is 0 Å². The number of para-hydroxylation sites is 1. The van der Waals surface area contributed by atoms with Crippen molar-refractivity contribution in [3.05, 3.63) is 66.1 Å². The monoisotopic (exact) mass is 339 g/mol. The molecule has 2 N–H and O–H groups in total. The van der Waals surface area contributed by atoms with E-state index in [1.807, 2.05) is 61.5 Å². The van der Waals surface area contributed by atoms with Crippen LogP contribution < -0.4 is 10.1 Å². The summed E-state index contributed by atoms with van der Waals surface area (Å²) >= 11 is 0. The molecule has 0 aliphatic rings. The summed E-state index contributed by atoms with van der Waals surface area (Å²) in [7, 11) is 1.61. The van der Waals surface area contributed by atoms with E-state index in [-0.39, 0.29) is 6.61 Å². The molecule has 3 rings (SSSR count). The second-order valence-corrected chi connectivity index (χ2v) is 5.92. The van der Waals surface area contributed by atoms with Gasteiger partial charge in [-0.1, -0.05) is 47.6 Å². The van der Waals surface area contributed by atoms with Gasteiger partial charge in [0, 0.05) is 0 Å². The minimum Gasteiger partial charge on any atom is -0.496 e. The van der Waals surface area contributed by atoms with E-state index in [0.717, 1.165) is 11.1 Å².